The van der Waals surface area contributed by atoms with Crippen molar-refractivity contribution < 1.29 is 9.90 Å². The van der Waals surface area contributed by atoms with Crippen molar-refractivity contribution in [2.45, 2.75) is 25.9 Å². The zero-order valence-electron chi connectivity index (χ0n) is 11.4. The number of likely N-dealkylation sites (N-methyl/N-ethyl adjacent to an activating group) is 1. The van der Waals surface area contributed by atoms with Crippen LogP contribution in [0.25, 0.3) is 10.9 Å². The molecule has 1 aromatic heterocycles. The first kappa shape index (κ1) is 13.5. The largest absolute Gasteiger partial charge is 0.480 e. The number of pyridine rings is 1. The van der Waals surface area contributed by atoms with Crippen molar-refractivity contribution in [1.29, 1.82) is 0 Å². The molecule has 100 valence electrons. The number of hydrogen-bond donors (Lipinski definition) is 1. The molecule has 0 radical (unpaired) electrons. The molecule has 2 aromatic rings. The van der Waals surface area contributed by atoms with E-state index in [0.717, 1.165) is 16.5 Å². The lowest BCUT2D eigenvalue weighted by Gasteiger charge is -2.31. The average Bonchev–Trinajstić information content (AvgIpc) is 2.39. The number of benzene rings is 1. The first-order chi connectivity index (χ1) is 8.93. The Balaban J connectivity index is 2.34. The Morgan fingerprint density at radius 3 is 2.68 bits per heavy atom. The lowest BCUT2D eigenvalue weighted by atomic mass is 10.0. The van der Waals surface area contributed by atoms with Gasteiger partial charge < -0.3 is 5.11 Å². The fourth-order valence-electron chi connectivity index (χ4n) is 1.91. The molecule has 0 saturated carbocycles. The van der Waals surface area contributed by atoms with Gasteiger partial charge in [-0.05, 0) is 32.5 Å². The molecule has 0 aliphatic carbocycles. The Kier molecular flexibility index (Phi) is 3.53. The summed E-state index contributed by atoms with van der Waals surface area (Å²) in [6, 6.07) is 9.88. The van der Waals surface area contributed by atoms with Gasteiger partial charge in [0.2, 0.25) is 0 Å². The number of fused-ring (bicyclic) bond motifs is 1. The minimum atomic E-state index is -0.906. The summed E-state index contributed by atoms with van der Waals surface area (Å²) in [4.78, 5) is 17.5. The predicted octanol–water partition coefficient (Wildman–Crippen LogP) is 2.53. The van der Waals surface area contributed by atoms with Gasteiger partial charge in [0.1, 0.15) is 5.54 Å². The van der Waals surface area contributed by atoms with Gasteiger partial charge >= 0.3 is 5.97 Å². The normalized spacial score (nSPS) is 12.0. The van der Waals surface area contributed by atoms with Gasteiger partial charge in [-0.1, -0.05) is 24.3 Å². The molecule has 4 heteroatoms. The van der Waals surface area contributed by atoms with Crippen LogP contribution >= 0.6 is 0 Å². The summed E-state index contributed by atoms with van der Waals surface area (Å²) in [6.07, 6.45) is 1.76. The topological polar surface area (TPSA) is 53.4 Å². The molecule has 0 spiro atoms. The van der Waals surface area contributed by atoms with Crippen LogP contribution < -0.4 is 0 Å². The Morgan fingerprint density at radius 1 is 1.32 bits per heavy atom. The monoisotopic (exact) mass is 258 g/mol. The number of carbonyl (C=O) groups is 1. The second kappa shape index (κ2) is 4.97. The van der Waals surface area contributed by atoms with Crippen LogP contribution in [0.4, 0.5) is 0 Å². The van der Waals surface area contributed by atoms with E-state index in [1.54, 1.807) is 20.0 Å². The highest BCUT2D eigenvalue weighted by atomic mass is 16.4. The Labute approximate surface area is 112 Å². The van der Waals surface area contributed by atoms with Crippen molar-refractivity contribution >= 4 is 16.9 Å². The molecule has 0 saturated heterocycles. The van der Waals surface area contributed by atoms with Crippen LogP contribution in [0, 0.1) is 0 Å². The standard InChI is InChI=1S/C15H18N2O2/c1-15(2,14(18)19)17(3)10-12-7-4-6-11-8-5-9-16-13(11)12/h4-9H,10H2,1-3H3,(H,18,19). The molecule has 19 heavy (non-hydrogen) atoms. The Morgan fingerprint density at radius 2 is 2.00 bits per heavy atom. The molecule has 0 aliphatic heterocycles. The highest BCUT2D eigenvalue weighted by Gasteiger charge is 2.32. The van der Waals surface area contributed by atoms with Gasteiger partial charge in [0, 0.05) is 18.1 Å². The van der Waals surface area contributed by atoms with E-state index in [1.165, 1.54) is 0 Å². The third-order valence-electron chi connectivity index (χ3n) is 3.60. The third kappa shape index (κ3) is 2.58. The Hall–Kier alpha value is -1.94. The van der Waals surface area contributed by atoms with Crippen molar-refractivity contribution in [2.24, 2.45) is 0 Å². The van der Waals surface area contributed by atoms with Crippen molar-refractivity contribution in [3.05, 3.63) is 42.1 Å². The molecule has 1 aromatic carbocycles. The van der Waals surface area contributed by atoms with Crippen molar-refractivity contribution in [1.82, 2.24) is 9.88 Å². The highest BCUT2D eigenvalue weighted by Crippen LogP contribution is 2.21. The number of carboxylic acid groups (broad SMARTS) is 1. The molecule has 2 rings (SSSR count). The summed E-state index contributed by atoms with van der Waals surface area (Å²) in [5.41, 5.74) is 1.06. The SMILES string of the molecule is CN(Cc1cccc2cccnc12)C(C)(C)C(=O)O. The van der Waals surface area contributed by atoms with Gasteiger partial charge in [-0.3, -0.25) is 14.7 Å². The summed E-state index contributed by atoms with van der Waals surface area (Å²) in [7, 11) is 1.82. The fraction of sp³-hybridized carbons (Fsp3) is 0.333. The maximum atomic E-state index is 11.3. The molecule has 1 heterocycles. The van der Waals surface area contributed by atoms with Gasteiger partial charge in [0.15, 0.2) is 0 Å². The number of rotatable bonds is 4. The van der Waals surface area contributed by atoms with Gasteiger partial charge in [0.25, 0.3) is 0 Å². The molecule has 0 bridgehead atoms. The van der Waals surface area contributed by atoms with E-state index in [-0.39, 0.29) is 0 Å². The van der Waals surface area contributed by atoms with Crippen molar-refractivity contribution in [2.75, 3.05) is 7.05 Å². The number of carboxylic acids is 1. The number of nitrogens with zero attached hydrogens (tertiary/aromatic N) is 2. The van der Waals surface area contributed by atoms with Crippen molar-refractivity contribution in [3.8, 4) is 0 Å². The second-order valence-corrected chi connectivity index (χ2v) is 5.21. The summed E-state index contributed by atoms with van der Waals surface area (Å²) < 4.78 is 0. The van der Waals surface area contributed by atoms with Gasteiger partial charge in [-0.25, -0.2) is 0 Å². The molecule has 4 nitrogen and oxygen atoms in total. The smallest absolute Gasteiger partial charge is 0.323 e. The van der Waals surface area contributed by atoms with Gasteiger partial charge in [-0.15, -0.1) is 0 Å². The molecule has 0 fully saturated rings. The molecular weight excluding hydrogens is 240 g/mol. The molecule has 1 N–H and O–H groups in total. The quantitative estimate of drug-likeness (QED) is 0.915. The van der Waals surface area contributed by atoms with E-state index < -0.39 is 11.5 Å². The van der Waals surface area contributed by atoms with Crippen LogP contribution in [-0.4, -0.2) is 33.5 Å². The maximum Gasteiger partial charge on any atom is 0.323 e. The highest BCUT2D eigenvalue weighted by molar-refractivity contribution is 5.82. The van der Waals surface area contributed by atoms with E-state index in [2.05, 4.69) is 4.98 Å². The van der Waals surface area contributed by atoms with Crippen LogP contribution in [-0.2, 0) is 11.3 Å². The van der Waals surface area contributed by atoms with E-state index in [4.69, 9.17) is 0 Å². The summed E-state index contributed by atoms with van der Waals surface area (Å²) in [5.74, 6) is -0.830. The lowest BCUT2D eigenvalue weighted by Crippen LogP contribution is -2.47. The molecule has 0 unspecified atom stereocenters. The summed E-state index contributed by atoms with van der Waals surface area (Å²) in [5, 5.41) is 10.3. The van der Waals surface area contributed by atoms with Crippen LogP contribution in [0.3, 0.4) is 0 Å². The Bertz CT molecular complexity index is 603. The summed E-state index contributed by atoms with van der Waals surface area (Å²) in [6.45, 7) is 3.95. The first-order valence-electron chi connectivity index (χ1n) is 6.20. The number of aromatic nitrogens is 1. The fourth-order valence-corrected chi connectivity index (χ4v) is 1.91. The van der Waals surface area contributed by atoms with Crippen LogP contribution in [0.1, 0.15) is 19.4 Å². The van der Waals surface area contributed by atoms with Gasteiger partial charge in [0.05, 0.1) is 5.52 Å². The van der Waals surface area contributed by atoms with E-state index in [0.29, 0.717) is 6.54 Å². The summed E-state index contributed by atoms with van der Waals surface area (Å²) >= 11 is 0. The van der Waals surface area contributed by atoms with E-state index in [1.807, 2.05) is 42.3 Å². The first-order valence-corrected chi connectivity index (χ1v) is 6.20. The number of aliphatic carboxylic acids is 1. The van der Waals surface area contributed by atoms with E-state index in [9.17, 15) is 9.90 Å². The molecule has 0 aliphatic rings. The van der Waals surface area contributed by atoms with Crippen molar-refractivity contribution in [3.63, 3.8) is 0 Å². The number of hydrogen-bond acceptors (Lipinski definition) is 3. The van der Waals surface area contributed by atoms with Gasteiger partial charge in [-0.2, -0.15) is 0 Å². The third-order valence-corrected chi connectivity index (χ3v) is 3.60. The molecular formula is C15H18N2O2. The minimum Gasteiger partial charge on any atom is -0.480 e. The lowest BCUT2D eigenvalue weighted by molar-refractivity contribution is -0.148. The van der Waals surface area contributed by atoms with Crippen LogP contribution in [0.15, 0.2) is 36.5 Å². The zero-order valence-corrected chi connectivity index (χ0v) is 11.4. The molecule has 0 atom stereocenters. The van der Waals surface area contributed by atoms with E-state index >= 15 is 0 Å². The second-order valence-electron chi connectivity index (χ2n) is 5.21. The van der Waals surface area contributed by atoms with Crippen LogP contribution in [0.2, 0.25) is 0 Å². The molecule has 0 amide bonds. The van der Waals surface area contributed by atoms with Crippen LogP contribution in [0.5, 0.6) is 0 Å². The predicted molar refractivity (Wildman–Crippen MR) is 74.9 cm³/mol. The average molecular weight is 258 g/mol. The minimum absolute atomic E-state index is 0.549. The zero-order chi connectivity index (χ0) is 14.0. The number of para-hydroxylation sites is 1. The maximum absolute atomic E-state index is 11.3.